The van der Waals surface area contributed by atoms with Gasteiger partial charge in [0.25, 0.3) is 5.56 Å². The van der Waals surface area contributed by atoms with Crippen LogP contribution in [0.25, 0.3) is 16.8 Å². The van der Waals surface area contributed by atoms with Crippen LogP contribution in [0.4, 0.5) is 4.39 Å². The maximum absolute atomic E-state index is 14.7. The Hall–Kier alpha value is -3.76. The summed E-state index contributed by atoms with van der Waals surface area (Å²) in [5, 5.41) is 24.8. The normalized spacial score (nSPS) is 17.7. The van der Waals surface area contributed by atoms with Crippen LogP contribution in [-0.4, -0.2) is 25.4 Å². The number of nitrogens with zero attached hydrogens (tertiary/aromatic N) is 4. The number of nitriles is 1. The van der Waals surface area contributed by atoms with E-state index in [4.69, 9.17) is 0 Å². The summed E-state index contributed by atoms with van der Waals surface area (Å²) in [6, 6.07) is 16.0. The van der Waals surface area contributed by atoms with Gasteiger partial charge in [0.05, 0.1) is 23.6 Å². The van der Waals surface area contributed by atoms with Crippen LogP contribution < -0.4 is 5.56 Å². The second kappa shape index (κ2) is 10.7. The molecule has 0 spiro atoms. The molecular formula is C30H31FN4O2. The lowest BCUT2D eigenvalue weighted by Gasteiger charge is -2.29. The van der Waals surface area contributed by atoms with Gasteiger partial charge in [0.2, 0.25) is 0 Å². The number of halogens is 1. The standard InChI is InChI=1S/C30H31FN4O2/c1-2-3-11-28-25(18-20-7-6-9-23(26(20)19-32)24-8-4-5-10-27(24)31)30(37)34(29-16-17-33-35(28)29)21-12-14-22(36)15-13-21/h4-10,16-17,21-22,36H,2-3,11-15,18H2,1H3/t21-,22-. The summed E-state index contributed by atoms with van der Waals surface area (Å²) >= 11 is 0. The van der Waals surface area contributed by atoms with E-state index in [1.807, 2.05) is 27.3 Å². The summed E-state index contributed by atoms with van der Waals surface area (Å²) in [5.74, 6) is -0.389. The second-order valence-electron chi connectivity index (χ2n) is 9.88. The first-order chi connectivity index (χ1) is 18.0. The number of hydrogen-bond donors (Lipinski definition) is 1. The van der Waals surface area contributed by atoms with E-state index in [1.54, 1.807) is 30.5 Å². The lowest BCUT2D eigenvalue weighted by Crippen LogP contribution is -2.34. The monoisotopic (exact) mass is 498 g/mol. The minimum atomic E-state index is -0.389. The molecule has 0 amide bonds. The third-order valence-corrected chi connectivity index (χ3v) is 7.54. The van der Waals surface area contributed by atoms with Gasteiger partial charge in [-0.1, -0.05) is 49.7 Å². The van der Waals surface area contributed by atoms with Gasteiger partial charge in [0.1, 0.15) is 17.5 Å². The Morgan fingerprint density at radius 2 is 1.84 bits per heavy atom. The first kappa shape index (κ1) is 24.9. The van der Waals surface area contributed by atoms with E-state index in [0.29, 0.717) is 47.1 Å². The number of fused-ring (bicyclic) bond motifs is 1. The highest BCUT2D eigenvalue weighted by Crippen LogP contribution is 2.32. The quantitative estimate of drug-likeness (QED) is 0.360. The Balaban J connectivity index is 1.68. The highest BCUT2D eigenvalue weighted by Gasteiger charge is 2.27. The lowest BCUT2D eigenvalue weighted by molar-refractivity contribution is 0.110. The molecule has 6 nitrogen and oxygen atoms in total. The maximum atomic E-state index is 14.7. The van der Waals surface area contributed by atoms with Gasteiger partial charge in [-0.05, 0) is 50.2 Å². The van der Waals surface area contributed by atoms with Crippen LogP contribution >= 0.6 is 0 Å². The number of aromatic nitrogens is 3. The summed E-state index contributed by atoms with van der Waals surface area (Å²) in [6.45, 7) is 2.11. The number of benzene rings is 2. The van der Waals surface area contributed by atoms with Crippen molar-refractivity contribution in [3.05, 3.63) is 93.3 Å². The molecule has 37 heavy (non-hydrogen) atoms. The van der Waals surface area contributed by atoms with E-state index < -0.39 is 0 Å². The van der Waals surface area contributed by atoms with E-state index in [-0.39, 0.29) is 29.9 Å². The van der Waals surface area contributed by atoms with E-state index in [0.717, 1.165) is 37.0 Å². The molecule has 2 heterocycles. The number of rotatable bonds is 7. The molecule has 0 aliphatic heterocycles. The Morgan fingerprint density at radius 1 is 1.08 bits per heavy atom. The second-order valence-corrected chi connectivity index (χ2v) is 9.88. The van der Waals surface area contributed by atoms with Crippen molar-refractivity contribution in [2.24, 2.45) is 0 Å². The zero-order chi connectivity index (χ0) is 25.9. The Kier molecular flexibility index (Phi) is 7.20. The molecule has 2 aromatic carbocycles. The van der Waals surface area contributed by atoms with Crippen molar-refractivity contribution < 1.29 is 9.50 Å². The van der Waals surface area contributed by atoms with Gasteiger partial charge in [0, 0.05) is 35.2 Å². The molecule has 1 saturated carbocycles. The molecule has 1 aliphatic carbocycles. The van der Waals surface area contributed by atoms with E-state index >= 15 is 0 Å². The number of unbranched alkanes of at least 4 members (excludes halogenated alkanes) is 1. The van der Waals surface area contributed by atoms with Crippen LogP contribution in [0.5, 0.6) is 0 Å². The molecule has 1 N–H and O–H groups in total. The number of hydrogen-bond acceptors (Lipinski definition) is 4. The highest BCUT2D eigenvalue weighted by molar-refractivity contribution is 5.73. The zero-order valence-corrected chi connectivity index (χ0v) is 21.0. The molecule has 190 valence electrons. The van der Waals surface area contributed by atoms with Crippen molar-refractivity contribution in [1.82, 2.24) is 14.2 Å². The van der Waals surface area contributed by atoms with Crippen molar-refractivity contribution >= 4 is 5.65 Å². The van der Waals surface area contributed by atoms with Crippen molar-refractivity contribution in [1.29, 1.82) is 5.26 Å². The summed E-state index contributed by atoms with van der Waals surface area (Å²) in [7, 11) is 0. The van der Waals surface area contributed by atoms with E-state index in [9.17, 15) is 19.6 Å². The zero-order valence-electron chi connectivity index (χ0n) is 21.0. The van der Waals surface area contributed by atoms with Crippen molar-refractivity contribution in [3.63, 3.8) is 0 Å². The smallest absolute Gasteiger partial charge is 0.257 e. The largest absolute Gasteiger partial charge is 0.393 e. The lowest BCUT2D eigenvalue weighted by atomic mass is 9.91. The average molecular weight is 499 g/mol. The third-order valence-electron chi connectivity index (χ3n) is 7.54. The van der Waals surface area contributed by atoms with E-state index in [2.05, 4.69) is 18.1 Å². The summed E-state index contributed by atoms with van der Waals surface area (Å²) in [6.07, 6.45) is 6.99. The minimum Gasteiger partial charge on any atom is -0.393 e. The van der Waals surface area contributed by atoms with Gasteiger partial charge in [-0.25, -0.2) is 8.91 Å². The SMILES string of the molecule is CCCCc1c(Cc2cccc(-c3ccccc3F)c2C#N)c(=O)n([C@H]2CC[C@H](O)CC2)c2ccnn12. The van der Waals surface area contributed by atoms with Gasteiger partial charge in [0.15, 0.2) is 0 Å². The fourth-order valence-corrected chi connectivity index (χ4v) is 5.61. The van der Waals surface area contributed by atoms with Gasteiger partial charge in [-0.15, -0.1) is 0 Å². The molecule has 0 saturated heterocycles. The van der Waals surface area contributed by atoms with Crippen LogP contribution in [0.15, 0.2) is 59.5 Å². The predicted octanol–water partition coefficient (Wildman–Crippen LogP) is 5.58. The van der Waals surface area contributed by atoms with E-state index in [1.165, 1.54) is 6.07 Å². The fraction of sp³-hybridized carbons (Fsp3) is 0.367. The molecule has 0 unspecified atom stereocenters. The summed E-state index contributed by atoms with van der Waals surface area (Å²) in [5.41, 5.74) is 4.14. The molecular weight excluding hydrogens is 467 g/mol. The first-order valence-electron chi connectivity index (χ1n) is 13.1. The average Bonchev–Trinajstić information content (AvgIpc) is 3.39. The van der Waals surface area contributed by atoms with Gasteiger partial charge >= 0.3 is 0 Å². The molecule has 5 rings (SSSR count). The highest BCUT2D eigenvalue weighted by atomic mass is 19.1. The van der Waals surface area contributed by atoms with Crippen molar-refractivity contribution in [2.45, 2.75) is 70.4 Å². The molecule has 2 aromatic heterocycles. The third kappa shape index (κ3) is 4.70. The Morgan fingerprint density at radius 3 is 2.57 bits per heavy atom. The van der Waals surface area contributed by atoms with Gasteiger partial charge < -0.3 is 5.11 Å². The Bertz CT molecular complexity index is 1520. The van der Waals surface area contributed by atoms with Crippen LogP contribution in [0.3, 0.4) is 0 Å². The fourth-order valence-electron chi connectivity index (χ4n) is 5.61. The number of aryl methyl sites for hydroxylation is 1. The minimum absolute atomic E-state index is 0.0192. The van der Waals surface area contributed by atoms with Crippen LogP contribution in [-0.2, 0) is 12.8 Å². The maximum Gasteiger partial charge on any atom is 0.257 e. The molecule has 1 aliphatic rings. The van der Waals surface area contributed by atoms with Crippen LogP contribution in [0.1, 0.15) is 73.9 Å². The molecule has 0 atom stereocenters. The Labute approximate surface area is 215 Å². The van der Waals surface area contributed by atoms with Crippen LogP contribution in [0, 0.1) is 17.1 Å². The molecule has 0 radical (unpaired) electrons. The van der Waals surface area contributed by atoms with Crippen molar-refractivity contribution in [3.8, 4) is 17.2 Å². The summed E-state index contributed by atoms with van der Waals surface area (Å²) in [4.78, 5) is 14.2. The predicted molar refractivity (Wildman–Crippen MR) is 141 cm³/mol. The topological polar surface area (TPSA) is 83.3 Å². The molecule has 0 bridgehead atoms. The molecule has 1 fully saturated rings. The first-order valence-corrected chi connectivity index (χ1v) is 13.1. The van der Waals surface area contributed by atoms with Crippen LogP contribution in [0.2, 0.25) is 0 Å². The molecule has 7 heteroatoms. The summed E-state index contributed by atoms with van der Waals surface area (Å²) < 4.78 is 18.4. The van der Waals surface area contributed by atoms with Gasteiger partial charge in [-0.3, -0.25) is 9.36 Å². The van der Waals surface area contributed by atoms with Gasteiger partial charge in [-0.2, -0.15) is 10.4 Å². The number of aliphatic hydroxyl groups is 1. The molecule has 4 aromatic rings. The number of aliphatic hydroxyl groups excluding tert-OH is 1. The van der Waals surface area contributed by atoms with Crippen molar-refractivity contribution in [2.75, 3.05) is 0 Å².